The number of hydrogen-bond donors (Lipinski definition) is 1. The van der Waals surface area contributed by atoms with Crippen LogP contribution in [0.5, 0.6) is 17.2 Å². The van der Waals surface area contributed by atoms with Gasteiger partial charge in [0, 0.05) is 16.7 Å². The molecule has 0 spiro atoms. The number of anilines is 1. The Morgan fingerprint density at radius 3 is 2.32 bits per heavy atom. The lowest BCUT2D eigenvalue weighted by Gasteiger charge is -2.14. The second-order valence-corrected chi connectivity index (χ2v) is 5.46. The lowest BCUT2D eigenvalue weighted by atomic mass is 10.2. The van der Waals surface area contributed by atoms with Gasteiger partial charge in [0.2, 0.25) is 0 Å². The van der Waals surface area contributed by atoms with E-state index in [0.29, 0.717) is 13.2 Å². The molecule has 0 aliphatic carbocycles. The minimum Gasteiger partial charge on any atom is -0.497 e. The Bertz CT molecular complexity index is 614. The number of rotatable bonds is 7. The van der Waals surface area contributed by atoms with E-state index in [0.717, 1.165) is 33.0 Å². The standard InChI is InChI=1S/C17H20BrNO3/c1-4-22-17-10-15(18)12(9-16(17)21-3)11-19-13-5-7-14(20-2)8-6-13/h5-10,19H,4,11H2,1-3H3. The molecule has 1 N–H and O–H groups in total. The number of halogens is 1. The fourth-order valence-corrected chi connectivity index (χ4v) is 2.51. The fourth-order valence-electron chi connectivity index (χ4n) is 2.05. The van der Waals surface area contributed by atoms with Crippen LogP contribution in [0.4, 0.5) is 5.69 Å². The summed E-state index contributed by atoms with van der Waals surface area (Å²) < 4.78 is 17.1. The van der Waals surface area contributed by atoms with Crippen molar-refractivity contribution in [3.05, 3.63) is 46.4 Å². The van der Waals surface area contributed by atoms with Gasteiger partial charge in [0.05, 0.1) is 20.8 Å². The molecule has 0 fully saturated rings. The maximum Gasteiger partial charge on any atom is 0.162 e. The van der Waals surface area contributed by atoms with Crippen molar-refractivity contribution >= 4 is 21.6 Å². The van der Waals surface area contributed by atoms with Gasteiger partial charge in [-0.05, 0) is 48.9 Å². The Morgan fingerprint density at radius 1 is 1.00 bits per heavy atom. The second kappa shape index (κ2) is 7.94. The van der Waals surface area contributed by atoms with Crippen LogP contribution >= 0.6 is 15.9 Å². The van der Waals surface area contributed by atoms with E-state index in [1.54, 1.807) is 14.2 Å². The molecule has 0 aliphatic rings. The molecule has 0 atom stereocenters. The van der Waals surface area contributed by atoms with Gasteiger partial charge in [0.25, 0.3) is 0 Å². The summed E-state index contributed by atoms with van der Waals surface area (Å²) in [5.74, 6) is 2.32. The number of nitrogens with one attached hydrogen (secondary N) is 1. The summed E-state index contributed by atoms with van der Waals surface area (Å²) in [4.78, 5) is 0. The van der Waals surface area contributed by atoms with Gasteiger partial charge < -0.3 is 19.5 Å². The zero-order valence-corrected chi connectivity index (χ0v) is 14.6. The molecule has 4 nitrogen and oxygen atoms in total. The average Bonchev–Trinajstić information content (AvgIpc) is 2.55. The molecule has 0 aromatic heterocycles. The predicted molar refractivity (Wildman–Crippen MR) is 92.2 cm³/mol. The molecule has 2 rings (SSSR count). The summed E-state index contributed by atoms with van der Waals surface area (Å²) in [7, 11) is 3.30. The van der Waals surface area contributed by atoms with E-state index < -0.39 is 0 Å². The van der Waals surface area contributed by atoms with Crippen LogP contribution in [0.3, 0.4) is 0 Å². The van der Waals surface area contributed by atoms with Crippen LogP contribution in [-0.4, -0.2) is 20.8 Å². The van der Waals surface area contributed by atoms with Crippen LogP contribution in [0, 0.1) is 0 Å². The molecule has 0 bridgehead atoms. The molecule has 118 valence electrons. The normalized spacial score (nSPS) is 10.2. The molecule has 0 aliphatic heterocycles. The van der Waals surface area contributed by atoms with E-state index in [4.69, 9.17) is 14.2 Å². The van der Waals surface area contributed by atoms with E-state index >= 15 is 0 Å². The van der Waals surface area contributed by atoms with Crippen molar-refractivity contribution in [2.24, 2.45) is 0 Å². The van der Waals surface area contributed by atoms with Gasteiger partial charge in [-0.3, -0.25) is 0 Å². The molecular weight excluding hydrogens is 346 g/mol. The van der Waals surface area contributed by atoms with Gasteiger partial charge in [0.15, 0.2) is 11.5 Å². The Kier molecular flexibility index (Phi) is 5.95. The Labute approximate surface area is 139 Å². The van der Waals surface area contributed by atoms with Crippen molar-refractivity contribution in [2.45, 2.75) is 13.5 Å². The monoisotopic (exact) mass is 365 g/mol. The average molecular weight is 366 g/mol. The van der Waals surface area contributed by atoms with Gasteiger partial charge in [-0.25, -0.2) is 0 Å². The Balaban J connectivity index is 2.11. The first kappa shape index (κ1) is 16.5. The smallest absolute Gasteiger partial charge is 0.162 e. The van der Waals surface area contributed by atoms with Crippen molar-refractivity contribution in [3.8, 4) is 17.2 Å². The Hall–Kier alpha value is -1.88. The maximum absolute atomic E-state index is 5.56. The molecule has 22 heavy (non-hydrogen) atoms. The SMILES string of the molecule is CCOc1cc(Br)c(CNc2ccc(OC)cc2)cc1OC. The summed E-state index contributed by atoms with van der Waals surface area (Å²) in [5.41, 5.74) is 2.12. The van der Waals surface area contributed by atoms with Crippen molar-refractivity contribution in [2.75, 3.05) is 26.1 Å². The third-order valence-corrected chi connectivity index (χ3v) is 3.94. The Morgan fingerprint density at radius 2 is 1.73 bits per heavy atom. The molecule has 0 saturated carbocycles. The topological polar surface area (TPSA) is 39.7 Å². The van der Waals surface area contributed by atoms with Crippen LogP contribution < -0.4 is 19.5 Å². The first-order chi connectivity index (χ1) is 10.7. The summed E-state index contributed by atoms with van der Waals surface area (Å²) in [5, 5.41) is 3.37. The predicted octanol–water partition coefficient (Wildman–Crippen LogP) is 4.48. The third kappa shape index (κ3) is 4.07. The number of hydrogen-bond acceptors (Lipinski definition) is 4. The third-order valence-electron chi connectivity index (χ3n) is 3.21. The van der Waals surface area contributed by atoms with Gasteiger partial charge >= 0.3 is 0 Å². The summed E-state index contributed by atoms with van der Waals surface area (Å²) in [6.07, 6.45) is 0. The van der Waals surface area contributed by atoms with Crippen LogP contribution in [0.1, 0.15) is 12.5 Å². The van der Waals surface area contributed by atoms with Crippen LogP contribution in [-0.2, 0) is 6.54 Å². The highest BCUT2D eigenvalue weighted by atomic mass is 79.9. The van der Waals surface area contributed by atoms with E-state index in [9.17, 15) is 0 Å². The molecule has 0 radical (unpaired) electrons. The number of methoxy groups -OCH3 is 2. The van der Waals surface area contributed by atoms with E-state index in [1.165, 1.54) is 0 Å². The maximum atomic E-state index is 5.56. The van der Waals surface area contributed by atoms with Crippen molar-refractivity contribution < 1.29 is 14.2 Å². The lowest BCUT2D eigenvalue weighted by molar-refractivity contribution is 0.310. The van der Waals surface area contributed by atoms with Gasteiger partial charge in [-0.1, -0.05) is 15.9 Å². The van der Waals surface area contributed by atoms with Crippen LogP contribution in [0.25, 0.3) is 0 Å². The molecule has 2 aromatic carbocycles. The lowest BCUT2D eigenvalue weighted by Crippen LogP contribution is -2.02. The van der Waals surface area contributed by atoms with Crippen LogP contribution in [0.2, 0.25) is 0 Å². The van der Waals surface area contributed by atoms with Crippen molar-refractivity contribution in [3.63, 3.8) is 0 Å². The minimum absolute atomic E-state index is 0.603. The van der Waals surface area contributed by atoms with E-state index in [2.05, 4.69) is 21.2 Å². The van der Waals surface area contributed by atoms with E-state index in [1.807, 2.05) is 43.3 Å². The zero-order valence-electron chi connectivity index (χ0n) is 13.0. The molecule has 2 aromatic rings. The summed E-state index contributed by atoms with van der Waals surface area (Å²) >= 11 is 3.58. The molecule has 0 heterocycles. The minimum atomic E-state index is 0.603. The quantitative estimate of drug-likeness (QED) is 0.785. The first-order valence-electron chi connectivity index (χ1n) is 7.05. The van der Waals surface area contributed by atoms with Gasteiger partial charge in [-0.2, -0.15) is 0 Å². The largest absolute Gasteiger partial charge is 0.497 e. The highest BCUT2D eigenvalue weighted by Crippen LogP contribution is 2.34. The number of benzene rings is 2. The van der Waals surface area contributed by atoms with Crippen molar-refractivity contribution in [1.29, 1.82) is 0 Å². The molecule has 5 heteroatoms. The fraction of sp³-hybridized carbons (Fsp3) is 0.294. The van der Waals surface area contributed by atoms with Crippen LogP contribution in [0.15, 0.2) is 40.9 Å². The first-order valence-corrected chi connectivity index (χ1v) is 7.84. The van der Waals surface area contributed by atoms with Crippen molar-refractivity contribution in [1.82, 2.24) is 0 Å². The zero-order chi connectivity index (χ0) is 15.9. The molecule has 0 amide bonds. The van der Waals surface area contributed by atoms with Gasteiger partial charge in [-0.15, -0.1) is 0 Å². The molecular formula is C17H20BrNO3. The molecule has 0 unspecified atom stereocenters. The second-order valence-electron chi connectivity index (χ2n) is 4.61. The van der Waals surface area contributed by atoms with E-state index in [-0.39, 0.29) is 0 Å². The number of ether oxygens (including phenoxy) is 3. The summed E-state index contributed by atoms with van der Waals surface area (Å²) in [6.45, 7) is 3.23. The summed E-state index contributed by atoms with van der Waals surface area (Å²) in [6, 6.07) is 11.7. The van der Waals surface area contributed by atoms with Gasteiger partial charge in [0.1, 0.15) is 5.75 Å². The highest BCUT2D eigenvalue weighted by Gasteiger charge is 2.10. The highest BCUT2D eigenvalue weighted by molar-refractivity contribution is 9.10. The molecule has 0 saturated heterocycles.